The van der Waals surface area contributed by atoms with Gasteiger partial charge in [0, 0.05) is 16.8 Å². The molecule has 0 spiro atoms. The van der Waals surface area contributed by atoms with E-state index in [0.717, 1.165) is 28.1 Å². The van der Waals surface area contributed by atoms with Crippen LogP contribution in [0.15, 0.2) is 60.7 Å². The van der Waals surface area contributed by atoms with Crippen LogP contribution in [0.25, 0.3) is 22.4 Å². The van der Waals surface area contributed by atoms with Crippen LogP contribution in [0.5, 0.6) is 0 Å². The van der Waals surface area contributed by atoms with Crippen molar-refractivity contribution in [2.75, 3.05) is 18.9 Å². The van der Waals surface area contributed by atoms with Crippen LogP contribution in [-0.4, -0.2) is 34.1 Å². The molecule has 0 bridgehead atoms. The molecule has 0 aliphatic heterocycles. The van der Waals surface area contributed by atoms with Crippen LogP contribution in [0.1, 0.15) is 5.69 Å². The minimum absolute atomic E-state index is 0.193. The Labute approximate surface area is 153 Å². The van der Waals surface area contributed by atoms with Crippen molar-refractivity contribution >= 4 is 5.69 Å². The summed E-state index contributed by atoms with van der Waals surface area (Å²) in [6.07, 6.45) is -0.623. The van der Waals surface area contributed by atoms with Gasteiger partial charge in [0.05, 0.1) is 24.6 Å². The lowest BCUT2D eigenvalue weighted by molar-refractivity contribution is -0.0497. The van der Waals surface area contributed by atoms with Crippen molar-refractivity contribution in [1.29, 1.82) is 0 Å². The maximum Gasteiger partial charge on any atom is 0.123 e. The predicted octanol–water partition coefficient (Wildman–Crippen LogP) is 3.04. The molecule has 5 nitrogen and oxygen atoms in total. The van der Waals surface area contributed by atoms with Crippen LogP contribution in [0, 0.1) is 6.92 Å². The normalized spacial score (nSPS) is 11.2. The van der Waals surface area contributed by atoms with Crippen molar-refractivity contribution in [1.82, 2.24) is 4.57 Å². The predicted molar refractivity (Wildman–Crippen MR) is 103 cm³/mol. The van der Waals surface area contributed by atoms with E-state index in [0.29, 0.717) is 5.69 Å². The molecular formula is C21H24N2O3. The van der Waals surface area contributed by atoms with Crippen molar-refractivity contribution in [2.45, 2.75) is 19.8 Å². The summed E-state index contributed by atoms with van der Waals surface area (Å²) in [5.41, 5.74) is 12.1. The van der Waals surface area contributed by atoms with Gasteiger partial charge in [-0.25, -0.2) is 0 Å². The molecule has 26 heavy (non-hydrogen) atoms. The molecule has 1 heterocycles. The van der Waals surface area contributed by atoms with E-state index in [1.807, 2.05) is 72.2 Å². The first-order chi connectivity index (χ1) is 12.7. The molecule has 0 atom stereocenters. The SMILES string of the molecule is Cc1c(-c2ccccc2)c(N)c(-c2ccccc2)n1COC(CO)CO. The number of aromatic nitrogens is 1. The van der Waals surface area contributed by atoms with Gasteiger partial charge in [-0.2, -0.15) is 0 Å². The molecule has 3 aromatic rings. The van der Waals surface area contributed by atoms with Gasteiger partial charge < -0.3 is 25.3 Å². The zero-order chi connectivity index (χ0) is 18.5. The van der Waals surface area contributed by atoms with Crippen LogP contribution in [0.4, 0.5) is 5.69 Å². The molecule has 3 rings (SSSR count). The van der Waals surface area contributed by atoms with Gasteiger partial charge in [-0.05, 0) is 12.5 Å². The van der Waals surface area contributed by atoms with Gasteiger partial charge in [0.2, 0.25) is 0 Å². The minimum Gasteiger partial charge on any atom is -0.396 e. The number of benzene rings is 2. The molecule has 136 valence electrons. The number of hydrogen-bond donors (Lipinski definition) is 3. The highest BCUT2D eigenvalue weighted by Gasteiger charge is 2.21. The molecule has 0 fully saturated rings. The standard InChI is InChI=1S/C21H24N2O3/c1-15-19(16-8-4-2-5-9-16)20(22)21(17-10-6-3-7-11-17)23(15)14-26-18(12-24)13-25/h2-11,18,24-25H,12-14,22H2,1H3. The van der Waals surface area contributed by atoms with Gasteiger partial charge in [-0.15, -0.1) is 0 Å². The summed E-state index contributed by atoms with van der Waals surface area (Å²) in [5, 5.41) is 18.6. The fourth-order valence-corrected chi connectivity index (χ4v) is 3.14. The Kier molecular flexibility index (Phi) is 5.73. The van der Waals surface area contributed by atoms with E-state index in [2.05, 4.69) is 0 Å². The molecule has 1 aromatic heterocycles. The van der Waals surface area contributed by atoms with E-state index >= 15 is 0 Å². The molecule has 0 radical (unpaired) electrons. The topological polar surface area (TPSA) is 80.6 Å². The maximum atomic E-state index is 9.28. The van der Waals surface area contributed by atoms with E-state index in [4.69, 9.17) is 10.5 Å². The Hall–Kier alpha value is -2.60. The first kappa shape index (κ1) is 18.2. The summed E-state index contributed by atoms with van der Waals surface area (Å²) in [6, 6.07) is 19.9. The average molecular weight is 352 g/mol. The van der Waals surface area contributed by atoms with Crippen LogP contribution >= 0.6 is 0 Å². The number of nitrogens with zero attached hydrogens (tertiary/aromatic N) is 1. The molecule has 5 heteroatoms. The molecule has 4 N–H and O–H groups in total. The summed E-state index contributed by atoms with van der Waals surface area (Å²) in [5.74, 6) is 0. The summed E-state index contributed by atoms with van der Waals surface area (Å²) in [6.45, 7) is 1.72. The number of rotatable bonds is 7. The molecule has 0 aliphatic rings. The molecule has 0 unspecified atom stereocenters. The lowest BCUT2D eigenvalue weighted by Crippen LogP contribution is -2.24. The van der Waals surface area contributed by atoms with Crippen molar-refractivity contribution in [3.63, 3.8) is 0 Å². The van der Waals surface area contributed by atoms with Gasteiger partial charge >= 0.3 is 0 Å². The van der Waals surface area contributed by atoms with Crippen LogP contribution in [0.3, 0.4) is 0 Å². The number of hydrogen-bond acceptors (Lipinski definition) is 4. The number of aliphatic hydroxyl groups is 2. The Morgan fingerprint density at radius 1 is 0.923 bits per heavy atom. The summed E-state index contributed by atoms with van der Waals surface area (Å²) in [4.78, 5) is 0. The number of nitrogen functional groups attached to an aromatic ring is 1. The van der Waals surface area contributed by atoms with Crippen molar-refractivity contribution < 1.29 is 14.9 Å². The number of ether oxygens (including phenoxy) is 1. The molecular weight excluding hydrogens is 328 g/mol. The van der Waals surface area contributed by atoms with Crippen LogP contribution in [-0.2, 0) is 11.5 Å². The summed E-state index contributed by atoms with van der Waals surface area (Å²) < 4.78 is 7.67. The van der Waals surface area contributed by atoms with Gasteiger partial charge in [-0.3, -0.25) is 0 Å². The zero-order valence-electron chi connectivity index (χ0n) is 14.8. The Balaban J connectivity index is 2.12. The van der Waals surface area contributed by atoms with E-state index in [-0.39, 0.29) is 19.9 Å². The second-order valence-corrected chi connectivity index (χ2v) is 6.17. The second-order valence-electron chi connectivity index (χ2n) is 6.17. The van der Waals surface area contributed by atoms with E-state index in [1.165, 1.54) is 0 Å². The summed E-state index contributed by atoms with van der Waals surface area (Å²) in [7, 11) is 0. The van der Waals surface area contributed by atoms with E-state index in [1.54, 1.807) is 0 Å². The van der Waals surface area contributed by atoms with Crippen molar-refractivity contribution in [2.24, 2.45) is 0 Å². The first-order valence-corrected chi connectivity index (χ1v) is 8.60. The third-order valence-electron chi connectivity index (χ3n) is 4.52. The lowest BCUT2D eigenvalue weighted by Gasteiger charge is -2.17. The first-order valence-electron chi connectivity index (χ1n) is 8.60. The van der Waals surface area contributed by atoms with Gasteiger partial charge in [-0.1, -0.05) is 60.7 Å². The number of nitrogens with two attached hydrogens (primary N) is 1. The highest BCUT2D eigenvalue weighted by Crippen LogP contribution is 2.40. The number of anilines is 1. The van der Waals surface area contributed by atoms with E-state index in [9.17, 15) is 10.2 Å². The highest BCUT2D eigenvalue weighted by atomic mass is 16.5. The average Bonchev–Trinajstić information content (AvgIpc) is 2.94. The lowest BCUT2D eigenvalue weighted by atomic mass is 10.0. The molecule has 0 saturated heterocycles. The smallest absolute Gasteiger partial charge is 0.123 e. The largest absolute Gasteiger partial charge is 0.396 e. The number of aliphatic hydroxyl groups excluding tert-OH is 2. The van der Waals surface area contributed by atoms with E-state index < -0.39 is 6.10 Å². The van der Waals surface area contributed by atoms with Crippen LogP contribution in [0.2, 0.25) is 0 Å². The third-order valence-corrected chi connectivity index (χ3v) is 4.52. The van der Waals surface area contributed by atoms with Crippen molar-refractivity contribution in [3.05, 3.63) is 66.4 Å². The monoisotopic (exact) mass is 352 g/mol. The quantitative estimate of drug-likeness (QED) is 0.610. The molecule has 0 amide bonds. The fraction of sp³-hybridized carbons (Fsp3) is 0.238. The molecule has 2 aromatic carbocycles. The third kappa shape index (κ3) is 3.51. The van der Waals surface area contributed by atoms with Gasteiger partial charge in [0.1, 0.15) is 12.8 Å². The second kappa shape index (κ2) is 8.19. The van der Waals surface area contributed by atoms with Gasteiger partial charge in [0.25, 0.3) is 0 Å². The van der Waals surface area contributed by atoms with Gasteiger partial charge in [0.15, 0.2) is 0 Å². The van der Waals surface area contributed by atoms with Crippen LogP contribution < -0.4 is 5.73 Å². The fourth-order valence-electron chi connectivity index (χ4n) is 3.14. The zero-order valence-corrected chi connectivity index (χ0v) is 14.8. The highest BCUT2D eigenvalue weighted by molar-refractivity contribution is 5.90. The molecule has 0 aliphatic carbocycles. The summed E-state index contributed by atoms with van der Waals surface area (Å²) >= 11 is 0. The maximum absolute atomic E-state index is 9.28. The Bertz CT molecular complexity index is 841. The Morgan fingerprint density at radius 3 is 2.00 bits per heavy atom. The minimum atomic E-state index is -0.623. The Morgan fingerprint density at radius 2 is 1.46 bits per heavy atom. The molecule has 0 saturated carbocycles. The van der Waals surface area contributed by atoms with Crippen molar-refractivity contribution in [3.8, 4) is 22.4 Å².